The molecule has 0 spiro atoms. The van der Waals surface area contributed by atoms with Crippen LogP contribution in [0.4, 0.5) is 5.00 Å². The molecular formula is C22H25N3O2S2. The van der Waals surface area contributed by atoms with Crippen LogP contribution in [0.25, 0.3) is 0 Å². The van der Waals surface area contributed by atoms with E-state index >= 15 is 0 Å². The second-order valence-corrected chi connectivity index (χ2v) is 9.78. The summed E-state index contributed by atoms with van der Waals surface area (Å²) in [5.74, 6) is 0.964. The van der Waals surface area contributed by atoms with Crippen LogP contribution in [0.5, 0.6) is 5.75 Å². The third-order valence-electron chi connectivity index (χ3n) is 5.41. The van der Waals surface area contributed by atoms with Crippen LogP contribution in [0.3, 0.4) is 0 Å². The van der Waals surface area contributed by atoms with Crippen molar-refractivity contribution in [3.05, 3.63) is 45.8 Å². The number of anilines is 1. The molecule has 1 aliphatic rings. The molecule has 1 atom stereocenters. The number of rotatable bonds is 3. The lowest BCUT2D eigenvalue weighted by atomic mass is 9.72. The van der Waals surface area contributed by atoms with Crippen LogP contribution in [-0.2, 0) is 12.8 Å². The van der Waals surface area contributed by atoms with E-state index in [-0.39, 0.29) is 16.4 Å². The quantitative estimate of drug-likeness (QED) is 0.681. The number of carbonyl (C=O) groups excluding carboxylic acids is 1. The van der Waals surface area contributed by atoms with E-state index in [1.165, 1.54) is 4.88 Å². The molecule has 0 saturated carbocycles. The molecule has 2 aromatic rings. The Morgan fingerprint density at radius 3 is 2.59 bits per heavy atom. The Hall–Kier alpha value is -2.43. The molecular weight excluding hydrogens is 402 g/mol. The molecule has 1 aliphatic carbocycles. The van der Waals surface area contributed by atoms with Gasteiger partial charge in [0, 0.05) is 10.4 Å². The van der Waals surface area contributed by atoms with Gasteiger partial charge in [0.25, 0.3) is 5.91 Å². The Kier molecular flexibility index (Phi) is 6.25. The number of thiophene rings is 1. The molecule has 1 amide bonds. The van der Waals surface area contributed by atoms with Gasteiger partial charge < -0.3 is 10.1 Å². The predicted molar refractivity (Wildman–Crippen MR) is 121 cm³/mol. The van der Waals surface area contributed by atoms with Crippen LogP contribution >= 0.6 is 23.6 Å². The minimum Gasteiger partial charge on any atom is -0.497 e. The average molecular weight is 428 g/mol. The van der Waals surface area contributed by atoms with Crippen molar-refractivity contribution < 1.29 is 9.53 Å². The van der Waals surface area contributed by atoms with Crippen LogP contribution in [-0.4, -0.2) is 18.1 Å². The lowest BCUT2D eigenvalue weighted by Gasteiger charge is -2.33. The lowest BCUT2D eigenvalue weighted by molar-refractivity contribution is 0.0977. The van der Waals surface area contributed by atoms with Gasteiger partial charge in [0.2, 0.25) is 0 Å². The molecule has 1 aromatic carbocycles. The van der Waals surface area contributed by atoms with E-state index in [4.69, 9.17) is 17.0 Å². The van der Waals surface area contributed by atoms with Crippen molar-refractivity contribution in [3.8, 4) is 11.8 Å². The molecule has 1 aromatic heterocycles. The number of ether oxygens (including phenoxy) is 1. The average Bonchev–Trinajstić information content (AvgIpc) is 3.03. The molecule has 2 N–H and O–H groups in total. The first-order valence-corrected chi connectivity index (χ1v) is 10.8. The van der Waals surface area contributed by atoms with E-state index in [0.29, 0.717) is 27.8 Å². The van der Waals surface area contributed by atoms with Crippen LogP contribution in [0.1, 0.15) is 53.6 Å². The number of methoxy groups -OCH3 is 1. The van der Waals surface area contributed by atoms with E-state index in [1.807, 2.05) is 0 Å². The molecule has 5 nitrogen and oxygen atoms in total. The highest BCUT2D eigenvalue weighted by molar-refractivity contribution is 7.80. The van der Waals surface area contributed by atoms with Gasteiger partial charge >= 0.3 is 0 Å². The van der Waals surface area contributed by atoms with Crippen LogP contribution < -0.4 is 15.4 Å². The Bertz CT molecular complexity index is 966. The Morgan fingerprint density at radius 2 is 2.00 bits per heavy atom. The number of amides is 1. The summed E-state index contributed by atoms with van der Waals surface area (Å²) in [5.41, 5.74) is 2.50. The number of nitrogens with zero attached hydrogens (tertiary/aromatic N) is 1. The minimum atomic E-state index is -0.308. The van der Waals surface area contributed by atoms with Crippen LogP contribution in [0.2, 0.25) is 0 Å². The summed E-state index contributed by atoms with van der Waals surface area (Å²) in [7, 11) is 1.57. The second kappa shape index (κ2) is 8.52. The molecule has 0 fully saturated rings. The fourth-order valence-corrected chi connectivity index (χ4v) is 5.13. The van der Waals surface area contributed by atoms with Crippen molar-refractivity contribution in [3.63, 3.8) is 0 Å². The number of nitriles is 1. The van der Waals surface area contributed by atoms with E-state index in [2.05, 4.69) is 37.5 Å². The number of hydrogen-bond donors (Lipinski definition) is 2. The maximum atomic E-state index is 12.4. The molecule has 152 valence electrons. The summed E-state index contributed by atoms with van der Waals surface area (Å²) in [6.07, 6.45) is 2.97. The van der Waals surface area contributed by atoms with Crippen molar-refractivity contribution in [2.24, 2.45) is 11.3 Å². The number of carbonyl (C=O) groups is 1. The first-order chi connectivity index (χ1) is 13.7. The summed E-state index contributed by atoms with van der Waals surface area (Å²) >= 11 is 6.89. The Labute approximate surface area is 181 Å². The van der Waals surface area contributed by atoms with Crippen molar-refractivity contribution in [2.45, 2.75) is 40.0 Å². The maximum absolute atomic E-state index is 12.4. The standard InChI is InChI=1S/C22H25N3O2S2/c1-22(2,3)14-7-10-16-17(12-23)20(29-18(16)11-14)25-21(28)24-19(26)13-5-8-15(27-4)9-6-13/h5-6,8-9,14H,7,10-11H2,1-4H3,(H2,24,25,26,28)/t14-/m1/s1. The summed E-state index contributed by atoms with van der Waals surface area (Å²) in [6.45, 7) is 6.80. The van der Waals surface area contributed by atoms with Gasteiger partial charge in [0.15, 0.2) is 5.11 Å². The highest BCUT2D eigenvalue weighted by Crippen LogP contribution is 2.43. The lowest BCUT2D eigenvalue weighted by Crippen LogP contribution is -2.34. The zero-order valence-electron chi connectivity index (χ0n) is 17.1. The van der Waals surface area contributed by atoms with Gasteiger partial charge in [0.05, 0.1) is 12.7 Å². The molecule has 0 aliphatic heterocycles. The van der Waals surface area contributed by atoms with Crippen molar-refractivity contribution >= 4 is 39.6 Å². The fourth-order valence-electron chi connectivity index (χ4n) is 3.58. The predicted octanol–water partition coefficient (Wildman–Crippen LogP) is 4.91. The number of thiocarbonyl (C=S) groups is 1. The van der Waals surface area contributed by atoms with Crippen molar-refractivity contribution in [1.29, 1.82) is 5.26 Å². The largest absolute Gasteiger partial charge is 0.497 e. The van der Waals surface area contributed by atoms with E-state index < -0.39 is 0 Å². The maximum Gasteiger partial charge on any atom is 0.257 e. The third-order valence-corrected chi connectivity index (χ3v) is 6.78. The first kappa shape index (κ1) is 21.3. The molecule has 0 saturated heterocycles. The van der Waals surface area contributed by atoms with E-state index in [1.54, 1.807) is 42.7 Å². The van der Waals surface area contributed by atoms with E-state index in [9.17, 15) is 10.1 Å². The number of fused-ring (bicyclic) bond motifs is 1. The van der Waals surface area contributed by atoms with Crippen molar-refractivity contribution in [1.82, 2.24) is 5.32 Å². The topological polar surface area (TPSA) is 74.2 Å². The minimum absolute atomic E-state index is 0.188. The molecule has 0 unspecified atom stereocenters. The molecule has 3 rings (SSSR count). The Balaban J connectivity index is 1.71. The number of benzene rings is 1. The molecule has 29 heavy (non-hydrogen) atoms. The zero-order valence-corrected chi connectivity index (χ0v) is 18.7. The Morgan fingerprint density at radius 1 is 1.31 bits per heavy atom. The number of hydrogen-bond acceptors (Lipinski definition) is 5. The fraction of sp³-hybridized carbons (Fsp3) is 0.409. The molecule has 0 radical (unpaired) electrons. The van der Waals surface area contributed by atoms with Crippen LogP contribution in [0.15, 0.2) is 24.3 Å². The van der Waals surface area contributed by atoms with Gasteiger partial charge in [-0.1, -0.05) is 20.8 Å². The summed E-state index contributed by atoms with van der Waals surface area (Å²) < 4.78 is 5.10. The van der Waals surface area contributed by atoms with Gasteiger partial charge in [-0.15, -0.1) is 11.3 Å². The smallest absolute Gasteiger partial charge is 0.257 e. The van der Waals surface area contributed by atoms with Crippen molar-refractivity contribution in [2.75, 3.05) is 12.4 Å². The van der Waals surface area contributed by atoms with Crippen LogP contribution in [0, 0.1) is 22.7 Å². The van der Waals surface area contributed by atoms with Gasteiger partial charge in [-0.25, -0.2) is 0 Å². The van der Waals surface area contributed by atoms with Gasteiger partial charge in [-0.3, -0.25) is 10.1 Å². The monoisotopic (exact) mass is 427 g/mol. The first-order valence-electron chi connectivity index (χ1n) is 9.54. The SMILES string of the molecule is COc1ccc(C(=O)NC(=S)Nc2sc3c(c2C#N)CC[C@@H](C(C)(C)C)C3)cc1. The normalized spacial score (nSPS) is 15.8. The highest BCUT2D eigenvalue weighted by atomic mass is 32.1. The summed E-state index contributed by atoms with van der Waals surface area (Å²) in [6, 6.07) is 9.11. The second-order valence-electron chi connectivity index (χ2n) is 8.26. The zero-order chi connectivity index (χ0) is 21.2. The van der Waals surface area contributed by atoms with Gasteiger partial charge in [-0.05, 0) is 72.6 Å². The van der Waals surface area contributed by atoms with E-state index in [0.717, 1.165) is 24.8 Å². The van der Waals surface area contributed by atoms with Gasteiger partial charge in [0.1, 0.15) is 16.8 Å². The molecule has 0 bridgehead atoms. The summed E-state index contributed by atoms with van der Waals surface area (Å²) in [4.78, 5) is 13.7. The highest BCUT2D eigenvalue weighted by Gasteiger charge is 2.32. The third kappa shape index (κ3) is 4.77. The van der Waals surface area contributed by atoms with Gasteiger partial charge in [-0.2, -0.15) is 5.26 Å². The molecule has 1 heterocycles. The molecule has 7 heteroatoms. The number of nitrogens with one attached hydrogen (secondary N) is 2. The summed E-state index contributed by atoms with van der Waals surface area (Å²) in [5, 5.41) is 16.3.